The van der Waals surface area contributed by atoms with Gasteiger partial charge in [-0.25, -0.2) is 0 Å². The van der Waals surface area contributed by atoms with E-state index >= 15 is 0 Å². The smallest absolute Gasteiger partial charge is 1.00 e. The first kappa shape index (κ1) is 15.7. The van der Waals surface area contributed by atoms with Gasteiger partial charge in [-0.05, 0) is 0 Å². The monoisotopic (exact) mass is 240 g/mol. The van der Waals surface area contributed by atoms with Crippen LogP contribution in [0.1, 0.15) is 2.85 Å². The van der Waals surface area contributed by atoms with Gasteiger partial charge in [0.15, 0.2) is 0 Å². The molecule has 0 rings (SSSR count). The maximum atomic E-state index is 8.52. The molecule has 0 spiro atoms. The fourth-order valence-corrected chi connectivity index (χ4v) is 0. The first-order chi connectivity index (χ1) is 1.73. The number of hydrogen-bond acceptors (Lipinski definition) is 3. The Bertz CT molecular complexity index is 40.3. The Hall–Kier alpha value is 1.95. The van der Waals surface area contributed by atoms with Gasteiger partial charge >= 0.3 is 71.9 Å². The first-order valence-electron chi connectivity index (χ1n) is 0.612. The van der Waals surface area contributed by atoms with Crippen molar-refractivity contribution < 1.29 is 16.9 Å². The van der Waals surface area contributed by atoms with Gasteiger partial charge in [0.2, 0.25) is 0 Å². The quantitative estimate of drug-likeness (QED) is 0.414. The molecule has 0 bridgehead atoms. The molecular formula is H2BaMgO3Si. The standard InChI is InChI=1S/Ba.Mg.O3Si.2H/c;;1-4(2)3;;/q2*+2;-2;2*-1. The molecule has 0 saturated carbocycles. The van der Waals surface area contributed by atoms with Crippen molar-refractivity contribution in [2.45, 2.75) is 0 Å². The van der Waals surface area contributed by atoms with Crippen LogP contribution in [-0.2, 0) is 4.46 Å². The van der Waals surface area contributed by atoms with Gasteiger partial charge in [0.1, 0.15) is 0 Å². The van der Waals surface area contributed by atoms with Gasteiger partial charge in [0.05, 0.1) is 0 Å². The number of hydrogen-bond donors (Lipinski definition) is 0. The Morgan fingerprint density at radius 3 is 1.50 bits per heavy atom. The van der Waals surface area contributed by atoms with Gasteiger partial charge in [-0.15, -0.1) is 0 Å². The summed E-state index contributed by atoms with van der Waals surface area (Å²) in [6.07, 6.45) is 0. The third-order valence-corrected chi connectivity index (χ3v) is 0. The molecule has 0 aromatic carbocycles. The molecule has 0 atom stereocenters. The van der Waals surface area contributed by atoms with Crippen molar-refractivity contribution in [3.05, 3.63) is 0 Å². The van der Waals surface area contributed by atoms with E-state index in [4.69, 9.17) is 14.1 Å². The fourth-order valence-electron chi connectivity index (χ4n) is 0. The van der Waals surface area contributed by atoms with Crippen LogP contribution in [0.15, 0.2) is 0 Å². The molecule has 6 heavy (non-hydrogen) atoms. The molecule has 0 aromatic rings. The average Bonchev–Trinajstić information content (AvgIpc) is 0.811. The van der Waals surface area contributed by atoms with Crippen LogP contribution in [0.4, 0.5) is 0 Å². The second kappa shape index (κ2) is 10.0. The van der Waals surface area contributed by atoms with Crippen molar-refractivity contribution in [3.8, 4) is 0 Å². The van der Waals surface area contributed by atoms with E-state index in [1.807, 2.05) is 0 Å². The summed E-state index contributed by atoms with van der Waals surface area (Å²) >= 11 is 0. The summed E-state index contributed by atoms with van der Waals surface area (Å²) in [5.74, 6) is 0. The molecule has 0 radical (unpaired) electrons. The largest absolute Gasteiger partial charge is 2.00 e. The maximum absolute atomic E-state index is 8.52. The van der Waals surface area contributed by atoms with Gasteiger partial charge in [0, 0.05) is 9.17 Å². The maximum Gasteiger partial charge on any atom is 2.00 e. The van der Waals surface area contributed by atoms with Crippen molar-refractivity contribution >= 4 is 81.1 Å². The molecule has 0 amide bonds. The summed E-state index contributed by atoms with van der Waals surface area (Å²) in [4.78, 5) is 17.0. The summed E-state index contributed by atoms with van der Waals surface area (Å²) < 4.78 is 8.52. The van der Waals surface area contributed by atoms with Gasteiger partial charge < -0.3 is 16.9 Å². The van der Waals surface area contributed by atoms with E-state index in [1.165, 1.54) is 0 Å². The van der Waals surface area contributed by atoms with Crippen LogP contribution in [0, 0.1) is 0 Å². The Kier molecular flexibility index (Phi) is 26.2. The van der Waals surface area contributed by atoms with Gasteiger partial charge in [-0.1, -0.05) is 0 Å². The van der Waals surface area contributed by atoms with Crippen LogP contribution in [0.2, 0.25) is 0 Å². The Morgan fingerprint density at radius 1 is 1.50 bits per heavy atom. The molecule has 6 heteroatoms. The first-order valence-corrected chi connectivity index (χ1v) is 1.84. The molecule has 0 aliphatic heterocycles. The predicted octanol–water partition coefficient (Wildman–Crippen LogP) is -3.41. The molecule has 0 N–H and O–H groups in total. The van der Waals surface area contributed by atoms with E-state index in [-0.39, 0.29) is 74.8 Å². The van der Waals surface area contributed by atoms with Crippen molar-refractivity contribution in [1.29, 1.82) is 0 Å². The minimum atomic E-state index is -3.63. The normalized spacial score (nSPS) is 4.00. The second-order valence-electron chi connectivity index (χ2n) is 0.250. The van der Waals surface area contributed by atoms with Gasteiger partial charge in [-0.2, -0.15) is 0 Å². The molecular weight excluding hydrogens is 238 g/mol. The van der Waals surface area contributed by atoms with Crippen LogP contribution in [0.3, 0.4) is 0 Å². The zero-order valence-corrected chi connectivity index (χ0v) is 9.99. The summed E-state index contributed by atoms with van der Waals surface area (Å²) in [5, 5.41) is 0. The van der Waals surface area contributed by atoms with E-state index < -0.39 is 9.17 Å². The third-order valence-electron chi connectivity index (χ3n) is 0. The minimum Gasteiger partial charge on any atom is -1.00 e. The second-order valence-corrected chi connectivity index (χ2v) is 0.750. The molecule has 3 nitrogen and oxygen atoms in total. The molecule has 0 saturated heterocycles. The third kappa shape index (κ3) is 38.3. The van der Waals surface area contributed by atoms with Crippen LogP contribution in [0.25, 0.3) is 0 Å². The molecule has 0 aromatic heterocycles. The van der Waals surface area contributed by atoms with E-state index in [1.54, 1.807) is 0 Å². The van der Waals surface area contributed by atoms with Crippen LogP contribution in [0.5, 0.6) is 0 Å². The fraction of sp³-hybridized carbons (Fsp3) is 0. The predicted molar refractivity (Wildman–Crippen MR) is 20.2 cm³/mol. The summed E-state index contributed by atoms with van der Waals surface area (Å²) in [5.41, 5.74) is 0. The Morgan fingerprint density at radius 2 is 1.50 bits per heavy atom. The van der Waals surface area contributed by atoms with Crippen LogP contribution in [-0.4, -0.2) is 81.1 Å². The summed E-state index contributed by atoms with van der Waals surface area (Å²) in [6, 6.07) is 0. The van der Waals surface area contributed by atoms with Crippen molar-refractivity contribution in [1.82, 2.24) is 0 Å². The van der Waals surface area contributed by atoms with Gasteiger partial charge in [-0.3, -0.25) is 0 Å². The molecule has 0 aliphatic carbocycles. The van der Waals surface area contributed by atoms with E-state index in [0.717, 1.165) is 0 Å². The molecule has 0 aliphatic rings. The van der Waals surface area contributed by atoms with E-state index in [9.17, 15) is 0 Å². The minimum absolute atomic E-state index is 0. The molecule has 0 unspecified atom stereocenters. The topological polar surface area (TPSA) is 63.2 Å². The van der Waals surface area contributed by atoms with Gasteiger partial charge in [0.25, 0.3) is 0 Å². The average molecular weight is 240 g/mol. The zero-order valence-electron chi connectivity index (χ0n) is 5.14. The SMILES string of the molecule is O=[Si]([O-])[O-].[Ba+2].[H-].[H-].[Mg+2]. The molecule has 0 fully saturated rings. The van der Waals surface area contributed by atoms with E-state index in [2.05, 4.69) is 0 Å². The van der Waals surface area contributed by atoms with Crippen molar-refractivity contribution in [2.24, 2.45) is 0 Å². The molecule has 0 heterocycles. The number of rotatable bonds is 0. The Balaban J connectivity index is -0.00000000750. The van der Waals surface area contributed by atoms with Crippen LogP contribution < -0.4 is 9.59 Å². The zero-order chi connectivity index (χ0) is 3.58. The van der Waals surface area contributed by atoms with Crippen LogP contribution >= 0.6 is 0 Å². The summed E-state index contributed by atoms with van der Waals surface area (Å²) in [6.45, 7) is 0. The molecule has 28 valence electrons. The Labute approximate surface area is 96.2 Å². The van der Waals surface area contributed by atoms with Crippen molar-refractivity contribution in [3.63, 3.8) is 0 Å². The van der Waals surface area contributed by atoms with E-state index in [0.29, 0.717) is 0 Å². The van der Waals surface area contributed by atoms with Crippen molar-refractivity contribution in [2.75, 3.05) is 0 Å². The summed E-state index contributed by atoms with van der Waals surface area (Å²) in [7, 11) is -3.63.